The van der Waals surface area contributed by atoms with E-state index in [1.54, 1.807) is 57.2 Å². The van der Waals surface area contributed by atoms with Gasteiger partial charge in [-0.15, -0.1) is 0 Å². The van der Waals surface area contributed by atoms with Crippen LogP contribution in [0.5, 0.6) is 17.2 Å². The van der Waals surface area contributed by atoms with Crippen molar-refractivity contribution in [3.63, 3.8) is 0 Å². The van der Waals surface area contributed by atoms with Crippen LogP contribution in [0.1, 0.15) is 38.8 Å². The first kappa shape index (κ1) is 27.8. The van der Waals surface area contributed by atoms with Crippen molar-refractivity contribution < 1.29 is 32.5 Å². The summed E-state index contributed by atoms with van der Waals surface area (Å²) in [6.07, 6.45) is 2.54. The van der Waals surface area contributed by atoms with Gasteiger partial charge in [0.2, 0.25) is 10.0 Å². The van der Waals surface area contributed by atoms with E-state index < -0.39 is 28.6 Å². The predicted molar refractivity (Wildman–Crippen MR) is 131 cm³/mol. The van der Waals surface area contributed by atoms with Crippen LogP contribution in [-0.2, 0) is 14.8 Å². The first-order chi connectivity index (χ1) is 16.8. The normalized spacial score (nSPS) is 11.8. The predicted octanol–water partition coefficient (Wildman–Crippen LogP) is 3.31. The number of nitrogens with one attached hydrogen (secondary N) is 1. The summed E-state index contributed by atoms with van der Waals surface area (Å²) in [6.45, 7) is 5.18. The zero-order chi connectivity index (χ0) is 25.8. The lowest BCUT2D eigenvalue weighted by Gasteiger charge is -2.29. The molecule has 0 saturated carbocycles. The van der Waals surface area contributed by atoms with Crippen molar-refractivity contribution in [2.75, 3.05) is 37.0 Å². The number of sulfonamides is 1. The monoisotopic (exact) mass is 505 g/mol. The van der Waals surface area contributed by atoms with Gasteiger partial charge in [0.1, 0.15) is 5.75 Å². The zero-order valence-corrected chi connectivity index (χ0v) is 20.9. The highest BCUT2D eigenvalue weighted by Crippen LogP contribution is 2.40. The molecule has 2 rings (SSSR count). The van der Waals surface area contributed by atoms with E-state index in [1.807, 2.05) is 0 Å². The van der Waals surface area contributed by atoms with Crippen LogP contribution in [0.25, 0.3) is 0 Å². The van der Waals surface area contributed by atoms with Crippen molar-refractivity contribution >= 4 is 21.7 Å². The standard InChI is InChI=1S/C24H31N3O7S/c1-4-12-35(30,31)26-15-20(27(17-25)18-10-8-7-9-11-18)19-13-22(32-5-2)23(33-6-3)14-21(19)34-16-24(28)29/h7-11,13-14,20,26H,4-6,12,15-16H2,1-3H3,(H,28,29). The average Bonchev–Trinajstić information content (AvgIpc) is 2.82. The molecule has 35 heavy (non-hydrogen) atoms. The molecular formula is C24H31N3O7S. The molecule has 0 aliphatic rings. The van der Waals surface area contributed by atoms with Crippen molar-refractivity contribution in [3.8, 4) is 23.4 Å². The molecule has 2 N–H and O–H groups in total. The number of hydrogen-bond donors (Lipinski definition) is 2. The number of benzene rings is 2. The SMILES string of the molecule is CCCS(=O)(=O)NCC(c1cc(OCC)c(OCC)cc1OCC(=O)O)N(C#N)c1ccccc1. The number of ether oxygens (including phenoxy) is 3. The largest absolute Gasteiger partial charge is 0.490 e. The lowest BCUT2D eigenvalue weighted by Crippen LogP contribution is -2.37. The van der Waals surface area contributed by atoms with Crippen LogP contribution in [-0.4, -0.2) is 51.6 Å². The summed E-state index contributed by atoms with van der Waals surface area (Å²) in [7, 11) is -3.61. The maximum Gasteiger partial charge on any atom is 0.341 e. The van der Waals surface area contributed by atoms with E-state index in [9.17, 15) is 23.6 Å². The average molecular weight is 506 g/mol. The van der Waals surface area contributed by atoms with Gasteiger partial charge in [0.15, 0.2) is 24.3 Å². The molecule has 0 spiro atoms. The number of carboxylic acids is 1. The van der Waals surface area contributed by atoms with Crippen LogP contribution in [0.2, 0.25) is 0 Å². The minimum absolute atomic E-state index is 0.0759. The lowest BCUT2D eigenvalue weighted by atomic mass is 10.0. The van der Waals surface area contributed by atoms with Gasteiger partial charge < -0.3 is 19.3 Å². The number of aliphatic carboxylic acids is 1. The van der Waals surface area contributed by atoms with Crippen molar-refractivity contribution in [1.29, 1.82) is 5.26 Å². The number of carbonyl (C=O) groups is 1. The second-order valence-electron chi connectivity index (χ2n) is 7.37. The quantitative estimate of drug-likeness (QED) is 0.276. The summed E-state index contributed by atoms with van der Waals surface area (Å²) in [5, 5.41) is 19.3. The summed E-state index contributed by atoms with van der Waals surface area (Å²) in [6, 6.07) is 10.9. The van der Waals surface area contributed by atoms with E-state index in [2.05, 4.69) is 10.9 Å². The van der Waals surface area contributed by atoms with Gasteiger partial charge in [-0.05, 0) is 38.5 Å². The fraction of sp³-hybridized carbons (Fsp3) is 0.417. The molecule has 2 aromatic carbocycles. The fourth-order valence-electron chi connectivity index (χ4n) is 3.40. The van der Waals surface area contributed by atoms with Crippen molar-refractivity contribution in [2.24, 2.45) is 0 Å². The molecule has 0 amide bonds. The van der Waals surface area contributed by atoms with Crippen LogP contribution in [0.4, 0.5) is 5.69 Å². The molecule has 11 heteroatoms. The number of para-hydroxylation sites is 1. The molecule has 2 aromatic rings. The minimum atomic E-state index is -3.61. The van der Waals surface area contributed by atoms with Crippen molar-refractivity contribution in [3.05, 3.63) is 48.0 Å². The highest BCUT2D eigenvalue weighted by atomic mass is 32.2. The third-order valence-corrected chi connectivity index (χ3v) is 6.36. The van der Waals surface area contributed by atoms with Crippen LogP contribution < -0.4 is 23.8 Å². The van der Waals surface area contributed by atoms with Gasteiger partial charge in [-0.1, -0.05) is 25.1 Å². The van der Waals surface area contributed by atoms with Crippen LogP contribution in [0, 0.1) is 11.5 Å². The Balaban J connectivity index is 2.69. The molecular weight excluding hydrogens is 474 g/mol. The number of rotatable bonds is 15. The maximum atomic E-state index is 12.5. The van der Waals surface area contributed by atoms with Crippen LogP contribution >= 0.6 is 0 Å². The highest BCUT2D eigenvalue weighted by Gasteiger charge is 2.28. The second-order valence-corrected chi connectivity index (χ2v) is 9.30. The van der Waals surface area contributed by atoms with E-state index in [0.29, 0.717) is 42.4 Å². The Morgan fingerprint density at radius 2 is 1.69 bits per heavy atom. The first-order valence-electron chi connectivity index (χ1n) is 11.3. The molecule has 10 nitrogen and oxygen atoms in total. The van der Waals surface area contributed by atoms with E-state index in [4.69, 9.17) is 14.2 Å². The third kappa shape index (κ3) is 8.05. The Hall–Kier alpha value is -3.49. The molecule has 1 atom stereocenters. The summed E-state index contributed by atoms with van der Waals surface area (Å²) in [5.74, 6) is -0.433. The summed E-state index contributed by atoms with van der Waals surface area (Å²) >= 11 is 0. The van der Waals surface area contributed by atoms with Gasteiger partial charge in [-0.3, -0.25) is 4.90 Å². The second kappa shape index (κ2) is 13.4. The minimum Gasteiger partial charge on any atom is -0.490 e. The smallest absolute Gasteiger partial charge is 0.341 e. The number of carboxylic acid groups (broad SMARTS) is 1. The summed E-state index contributed by atoms with van der Waals surface area (Å²) < 4.78 is 44.4. The van der Waals surface area contributed by atoms with E-state index in [1.165, 1.54) is 11.0 Å². The number of nitrogens with zero attached hydrogens (tertiary/aromatic N) is 2. The lowest BCUT2D eigenvalue weighted by molar-refractivity contribution is -0.139. The zero-order valence-electron chi connectivity index (χ0n) is 20.1. The molecule has 0 aliphatic heterocycles. The molecule has 0 aliphatic carbocycles. The molecule has 0 fully saturated rings. The Labute approximate surface area is 206 Å². The molecule has 0 heterocycles. The number of hydrogen-bond acceptors (Lipinski definition) is 8. The van der Waals surface area contributed by atoms with E-state index in [-0.39, 0.29) is 18.0 Å². The maximum absolute atomic E-state index is 12.5. The van der Waals surface area contributed by atoms with Gasteiger partial charge in [0.25, 0.3) is 0 Å². The van der Waals surface area contributed by atoms with Gasteiger partial charge in [-0.25, -0.2) is 17.9 Å². The molecule has 0 bridgehead atoms. The fourth-order valence-corrected chi connectivity index (χ4v) is 4.50. The number of nitriles is 1. The van der Waals surface area contributed by atoms with Crippen LogP contribution in [0.3, 0.4) is 0 Å². The number of anilines is 1. The molecule has 0 aromatic heterocycles. The molecule has 1 unspecified atom stereocenters. The molecule has 0 saturated heterocycles. The Kier molecular flexibility index (Phi) is 10.6. The molecule has 0 radical (unpaired) electrons. The highest BCUT2D eigenvalue weighted by molar-refractivity contribution is 7.89. The van der Waals surface area contributed by atoms with Crippen molar-refractivity contribution in [1.82, 2.24) is 4.72 Å². The summed E-state index contributed by atoms with van der Waals surface area (Å²) in [4.78, 5) is 12.6. The van der Waals surface area contributed by atoms with E-state index >= 15 is 0 Å². The Morgan fingerprint density at radius 3 is 2.23 bits per heavy atom. The van der Waals surface area contributed by atoms with Gasteiger partial charge >= 0.3 is 5.97 Å². The Morgan fingerprint density at radius 1 is 1.06 bits per heavy atom. The first-order valence-corrected chi connectivity index (χ1v) is 12.9. The van der Waals surface area contributed by atoms with Gasteiger partial charge in [-0.2, -0.15) is 5.26 Å². The van der Waals surface area contributed by atoms with Gasteiger partial charge in [0.05, 0.1) is 30.7 Å². The van der Waals surface area contributed by atoms with Gasteiger partial charge in [0, 0.05) is 18.2 Å². The van der Waals surface area contributed by atoms with Crippen LogP contribution in [0.15, 0.2) is 42.5 Å². The van der Waals surface area contributed by atoms with E-state index in [0.717, 1.165) is 0 Å². The topological polar surface area (TPSA) is 138 Å². The Bertz CT molecular complexity index is 1120. The summed E-state index contributed by atoms with van der Waals surface area (Å²) in [5.41, 5.74) is 0.883. The third-order valence-electron chi connectivity index (χ3n) is 4.81. The molecule has 190 valence electrons. The van der Waals surface area contributed by atoms with Crippen molar-refractivity contribution in [2.45, 2.75) is 33.2 Å².